The predicted octanol–water partition coefficient (Wildman–Crippen LogP) is 1.92. The largest absolute Gasteiger partial charge is 0.345 e. The minimum absolute atomic E-state index is 0.00601. The van der Waals surface area contributed by atoms with Crippen molar-refractivity contribution in [1.29, 1.82) is 0 Å². The molecule has 5 heteroatoms. The van der Waals surface area contributed by atoms with E-state index in [4.69, 9.17) is 5.73 Å². The van der Waals surface area contributed by atoms with Crippen LogP contribution in [0.2, 0.25) is 0 Å². The van der Waals surface area contributed by atoms with Crippen molar-refractivity contribution in [2.75, 3.05) is 5.32 Å². The maximum absolute atomic E-state index is 12.0. The van der Waals surface area contributed by atoms with Gasteiger partial charge in [-0.25, -0.2) is 4.98 Å². The van der Waals surface area contributed by atoms with Crippen LogP contribution in [0.3, 0.4) is 0 Å². The lowest BCUT2D eigenvalue weighted by atomic mass is 10.1. The van der Waals surface area contributed by atoms with E-state index in [1.54, 1.807) is 12.5 Å². The summed E-state index contributed by atoms with van der Waals surface area (Å²) in [5, 5.41) is 2.91. The van der Waals surface area contributed by atoms with Crippen molar-refractivity contribution >= 4 is 11.6 Å². The first-order chi connectivity index (χ1) is 9.72. The van der Waals surface area contributed by atoms with Crippen LogP contribution in [-0.4, -0.2) is 21.9 Å². The molecule has 5 nitrogen and oxygen atoms in total. The molecule has 0 saturated heterocycles. The Kier molecular flexibility index (Phi) is 3.35. The van der Waals surface area contributed by atoms with Crippen LogP contribution in [0.4, 0.5) is 5.69 Å². The fourth-order valence-electron chi connectivity index (χ4n) is 2.30. The topological polar surface area (TPSA) is 83.8 Å². The Bertz CT molecular complexity index is 616. The maximum atomic E-state index is 12.0. The molecule has 102 valence electrons. The van der Waals surface area contributed by atoms with Crippen molar-refractivity contribution < 1.29 is 4.79 Å². The molecule has 3 rings (SSSR count). The Morgan fingerprint density at radius 3 is 2.70 bits per heavy atom. The molecule has 1 aromatic heterocycles. The maximum Gasteiger partial charge on any atom is 0.231 e. The van der Waals surface area contributed by atoms with Gasteiger partial charge in [0, 0.05) is 11.7 Å². The number of benzene rings is 1. The van der Waals surface area contributed by atoms with Gasteiger partial charge in [0.25, 0.3) is 0 Å². The van der Waals surface area contributed by atoms with Crippen LogP contribution in [0.25, 0.3) is 11.3 Å². The van der Waals surface area contributed by atoms with Crippen molar-refractivity contribution in [3.8, 4) is 11.3 Å². The van der Waals surface area contributed by atoms with E-state index < -0.39 is 0 Å². The third kappa shape index (κ3) is 2.62. The Balaban J connectivity index is 1.66. The number of aromatic nitrogens is 2. The van der Waals surface area contributed by atoms with Gasteiger partial charge in [-0.1, -0.05) is 24.3 Å². The summed E-state index contributed by atoms with van der Waals surface area (Å²) in [7, 11) is 0. The Hall–Kier alpha value is -2.40. The zero-order valence-electron chi connectivity index (χ0n) is 10.9. The summed E-state index contributed by atoms with van der Waals surface area (Å²) in [6, 6.07) is 7.64. The number of carbonyl (C=O) groups is 1. The van der Waals surface area contributed by atoms with E-state index in [1.165, 1.54) is 0 Å². The van der Waals surface area contributed by atoms with Crippen molar-refractivity contribution in [1.82, 2.24) is 9.97 Å². The number of amides is 1. The minimum atomic E-state index is -0.128. The molecule has 0 fully saturated rings. The number of anilines is 1. The smallest absolute Gasteiger partial charge is 0.231 e. The number of carbonyl (C=O) groups excluding carboxylic acids is 1. The zero-order valence-corrected chi connectivity index (χ0v) is 10.9. The molecular weight excluding hydrogens is 252 g/mol. The van der Waals surface area contributed by atoms with Crippen LogP contribution in [0, 0.1) is 5.92 Å². The van der Waals surface area contributed by atoms with E-state index in [0.717, 1.165) is 16.9 Å². The van der Waals surface area contributed by atoms with Gasteiger partial charge < -0.3 is 16.0 Å². The monoisotopic (exact) mass is 268 g/mol. The van der Waals surface area contributed by atoms with E-state index in [1.807, 2.05) is 36.4 Å². The van der Waals surface area contributed by atoms with E-state index in [2.05, 4.69) is 15.3 Å². The van der Waals surface area contributed by atoms with Gasteiger partial charge in [-0.2, -0.15) is 0 Å². The van der Waals surface area contributed by atoms with Gasteiger partial charge in [-0.3, -0.25) is 4.79 Å². The molecule has 2 unspecified atom stereocenters. The molecule has 1 aliphatic rings. The predicted molar refractivity (Wildman–Crippen MR) is 77.9 cm³/mol. The molecule has 2 aromatic rings. The number of H-pyrrole nitrogens is 1. The number of nitrogens with two attached hydrogens (primary N) is 1. The molecule has 0 bridgehead atoms. The van der Waals surface area contributed by atoms with Gasteiger partial charge in [-0.05, 0) is 24.1 Å². The highest BCUT2D eigenvalue weighted by atomic mass is 16.1. The Morgan fingerprint density at radius 2 is 2.10 bits per heavy atom. The molecule has 1 amide bonds. The summed E-state index contributed by atoms with van der Waals surface area (Å²) < 4.78 is 0. The van der Waals surface area contributed by atoms with Crippen LogP contribution in [0.1, 0.15) is 6.42 Å². The summed E-state index contributed by atoms with van der Waals surface area (Å²) in [6.07, 6.45) is 7.83. The fourth-order valence-corrected chi connectivity index (χ4v) is 2.30. The second-order valence-corrected chi connectivity index (χ2v) is 4.92. The quantitative estimate of drug-likeness (QED) is 0.743. The van der Waals surface area contributed by atoms with E-state index in [-0.39, 0.29) is 17.9 Å². The highest BCUT2D eigenvalue weighted by molar-refractivity contribution is 5.94. The molecule has 0 radical (unpaired) electrons. The molecule has 4 N–H and O–H groups in total. The van der Waals surface area contributed by atoms with Crippen LogP contribution >= 0.6 is 0 Å². The molecule has 0 spiro atoms. The van der Waals surface area contributed by atoms with Crippen LogP contribution in [-0.2, 0) is 4.79 Å². The van der Waals surface area contributed by atoms with E-state index in [0.29, 0.717) is 6.42 Å². The molecule has 2 atom stereocenters. The summed E-state index contributed by atoms with van der Waals surface area (Å²) in [4.78, 5) is 19.1. The van der Waals surface area contributed by atoms with Gasteiger partial charge >= 0.3 is 0 Å². The highest BCUT2D eigenvalue weighted by Crippen LogP contribution is 2.21. The highest BCUT2D eigenvalue weighted by Gasteiger charge is 2.22. The fraction of sp³-hybridized carbons (Fsp3) is 0.200. The molecule has 1 heterocycles. The zero-order chi connectivity index (χ0) is 13.9. The van der Waals surface area contributed by atoms with Gasteiger partial charge in [-0.15, -0.1) is 0 Å². The van der Waals surface area contributed by atoms with Gasteiger partial charge in [0.05, 0.1) is 24.1 Å². The first-order valence-corrected chi connectivity index (χ1v) is 6.56. The molecule has 20 heavy (non-hydrogen) atoms. The van der Waals surface area contributed by atoms with Crippen molar-refractivity contribution in [3.63, 3.8) is 0 Å². The number of nitrogens with zero attached hydrogens (tertiary/aromatic N) is 1. The normalized spacial score (nSPS) is 21.1. The molecule has 1 aliphatic carbocycles. The average Bonchev–Trinajstić information content (AvgIpc) is 3.10. The third-order valence-corrected chi connectivity index (χ3v) is 3.42. The SMILES string of the molecule is NC1C=CC(C(=O)Nc2ccc(-c3cnc[nH]3)cc2)C1. The van der Waals surface area contributed by atoms with Crippen LogP contribution in [0.5, 0.6) is 0 Å². The summed E-state index contributed by atoms with van der Waals surface area (Å²) in [5.41, 5.74) is 8.52. The molecule has 0 saturated carbocycles. The van der Waals surface area contributed by atoms with E-state index >= 15 is 0 Å². The number of rotatable bonds is 3. The van der Waals surface area contributed by atoms with Gasteiger partial charge in [0.15, 0.2) is 0 Å². The number of aromatic amines is 1. The lowest BCUT2D eigenvalue weighted by molar-refractivity contribution is -0.118. The average molecular weight is 268 g/mol. The summed E-state index contributed by atoms with van der Waals surface area (Å²) in [6.45, 7) is 0. The first kappa shape index (κ1) is 12.6. The summed E-state index contributed by atoms with van der Waals surface area (Å²) in [5.74, 6) is -0.138. The second-order valence-electron chi connectivity index (χ2n) is 4.92. The van der Waals surface area contributed by atoms with Crippen LogP contribution in [0.15, 0.2) is 48.9 Å². The second kappa shape index (κ2) is 5.30. The number of hydrogen-bond donors (Lipinski definition) is 3. The number of imidazole rings is 1. The van der Waals surface area contributed by atoms with Gasteiger partial charge in [0.1, 0.15) is 0 Å². The van der Waals surface area contributed by atoms with E-state index in [9.17, 15) is 4.79 Å². The van der Waals surface area contributed by atoms with Crippen molar-refractivity contribution in [2.45, 2.75) is 12.5 Å². The lowest BCUT2D eigenvalue weighted by Crippen LogP contribution is -2.23. The van der Waals surface area contributed by atoms with Crippen molar-refractivity contribution in [3.05, 3.63) is 48.9 Å². The van der Waals surface area contributed by atoms with Crippen molar-refractivity contribution in [2.24, 2.45) is 11.7 Å². The summed E-state index contributed by atoms with van der Waals surface area (Å²) >= 11 is 0. The third-order valence-electron chi connectivity index (χ3n) is 3.42. The first-order valence-electron chi connectivity index (χ1n) is 6.56. The lowest BCUT2D eigenvalue weighted by Gasteiger charge is -2.10. The standard InChI is InChI=1S/C15H16N4O/c16-12-4-1-11(7-12)15(20)19-13-5-2-10(3-6-13)14-8-17-9-18-14/h1-6,8-9,11-12H,7,16H2,(H,17,18)(H,19,20). The van der Waals surface area contributed by atoms with Gasteiger partial charge in [0.2, 0.25) is 5.91 Å². The molecule has 1 aromatic carbocycles. The number of hydrogen-bond acceptors (Lipinski definition) is 3. The molecule has 0 aliphatic heterocycles. The minimum Gasteiger partial charge on any atom is -0.345 e. The van der Waals surface area contributed by atoms with Crippen LogP contribution < -0.4 is 11.1 Å². The Labute approximate surface area is 116 Å². The molecular formula is C15H16N4O. The Morgan fingerprint density at radius 1 is 1.30 bits per heavy atom. The number of nitrogens with one attached hydrogen (secondary N) is 2.